The van der Waals surface area contributed by atoms with Crippen molar-refractivity contribution in [2.75, 3.05) is 40.3 Å². The molecule has 0 unspecified atom stereocenters. The van der Waals surface area contributed by atoms with Crippen LogP contribution in [0.4, 0.5) is 0 Å². The number of aliphatic hydroxyl groups excluding tert-OH is 1. The number of hydrogen-bond acceptors (Lipinski definition) is 3. The van der Waals surface area contributed by atoms with E-state index in [0.29, 0.717) is 12.8 Å². The maximum Gasteiger partial charge on any atom is 0.222 e. The summed E-state index contributed by atoms with van der Waals surface area (Å²) in [6, 6.07) is 0. The molecule has 1 rings (SSSR count). The number of amides is 1. The summed E-state index contributed by atoms with van der Waals surface area (Å²) in [6.07, 6.45) is 3.32. The fourth-order valence-electron chi connectivity index (χ4n) is 2.27. The molecule has 1 aliphatic heterocycles. The van der Waals surface area contributed by atoms with Crippen LogP contribution in [0.5, 0.6) is 0 Å². The highest BCUT2D eigenvalue weighted by molar-refractivity contribution is 5.76. The summed E-state index contributed by atoms with van der Waals surface area (Å²) in [5.41, 5.74) is 0. The highest BCUT2D eigenvalue weighted by Crippen LogP contribution is 2.18. The van der Waals surface area contributed by atoms with Gasteiger partial charge in [-0.3, -0.25) is 4.79 Å². The van der Waals surface area contributed by atoms with Crippen molar-refractivity contribution in [1.29, 1.82) is 0 Å². The van der Waals surface area contributed by atoms with Gasteiger partial charge in [0.1, 0.15) is 0 Å². The van der Waals surface area contributed by atoms with Crippen LogP contribution in [0.15, 0.2) is 0 Å². The Hall–Kier alpha value is -0.610. The number of carbonyl (C=O) groups is 1. The Morgan fingerprint density at radius 1 is 1.38 bits per heavy atom. The molecule has 1 aliphatic rings. The van der Waals surface area contributed by atoms with Gasteiger partial charge in [0.05, 0.1) is 0 Å². The van der Waals surface area contributed by atoms with Gasteiger partial charge in [0.2, 0.25) is 5.91 Å². The van der Waals surface area contributed by atoms with Gasteiger partial charge in [-0.1, -0.05) is 0 Å². The fraction of sp³-hybridized carbons (Fsp3) is 0.917. The number of nitrogens with zero attached hydrogens (tertiary/aromatic N) is 2. The van der Waals surface area contributed by atoms with E-state index >= 15 is 0 Å². The summed E-state index contributed by atoms with van der Waals surface area (Å²) in [5.74, 6) is 0.939. The first-order valence-corrected chi connectivity index (χ1v) is 6.17. The second-order valence-electron chi connectivity index (χ2n) is 4.91. The Balaban J connectivity index is 2.23. The number of aliphatic hydroxyl groups is 1. The normalized spacial score (nSPS) is 18.1. The van der Waals surface area contributed by atoms with Crippen LogP contribution in [-0.4, -0.2) is 61.2 Å². The molecule has 1 amide bonds. The molecule has 1 fully saturated rings. The third kappa shape index (κ3) is 4.49. The average Bonchev–Trinajstić information content (AvgIpc) is 2.26. The molecule has 0 bridgehead atoms. The van der Waals surface area contributed by atoms with Gasteiger partial charge in [0, 0.05) is 32.7 Å². The van der Waals surface area contributed by atoms with Crippen LogP contribution in [0.1, 0.15) is 25.7 Å². The van der Waals surface area contributed by atoms with E-state index in [1.165, 1.54) is 0 Å². The smallest absolute Gasteiger partial charge is 0.222 e. The molecule has 0 saturated carbocycles. The molecule has 16 heavy (non-hydrogen) atoms. The number of likely N-dealkylation sites (tertiary alicyclic amines) is 1. The van der Waals surface area contributed by atoms with E-state index in [1.54, 1.807) is 0 Å². The van der Waals surface area contributed by atoms with Crippen molar-refractivity contribution in [3.8, 4) is 0 Å². The van der Waals surface area contributed by atoms with Gasteiger partial charge in [-0.2, -0.15) is 0 Å². The van der Waals surface area contributed by atoms with E-state index in [2.05, 4.69) is 19.0 Å². The average molecular weight is 228 g/mol. The van der Waals surface area contributed by atoms with Crippen LogP contribution in [0.2, 0.25) is 0 Å². The zero-order valence-corrected chi connectivity index (χ0v) is 10.5. The van der Waals surface area contributed by atoms with Gasteiger partial charge in [0.15, 0.2) is 0 Å². The Morgan fingerprint density at radius 2 is 2.00 bits per heavy atom. The Bertz CT molecular complexity index is 211. The van der Waals surface area contributed by atoms with E-state index in [1.807, 2.05) is 4.90 Å². The Morgan fingerprint density at radius 3 is 2.50 bits per heavy atom. The fourth-order valence-corrected chi connectivity index (χ4v) is 2.27. The lowest BCUT2D eigenvalue weighted by molar-refractivity contribution is -0.132. The molecule has 1 heterocycles. The minimum atomic E-state index is 0.114. The predicted molar refractivity (Wildman–Crippen MR) is 64.2 cm³/mol. The van der Waals surface area contributed by atoms with Crippen LogP contribution in [0.3, 0.4) is 0 Å². The largest absolute Gasteiger partial charge is 0.396 e. The van der Waals surface area contributed by atoms with Crippen molar-refractivity contribution < 1.29 is 9.90 Å². The highest BCUT2D eigenvalue weighted by atomic mass is 16.3. The quantitative estimate of drug-likeness (QED) is 0.748. The number of piperidine rings is 1. The molecule has 94 valence electrons. The van der Waals surface area contributed by atoms with Crippen LogP contribution >= 0.6 is 0 Å². The SMILES string of the molecule is CN(C)CC1CCN(C(=O)CCCO)CC1. The van der Waals surface area contributed by atoms with Gasteiger partial charge in [-0.25, -0.2) is 0 Å². The molecule has 0 aliphatic carbocycles. The monoisotopic (exact) mass is 228 g/mol. The van der Waals surface area contributed by atoms with Crippen molar-refractivity contribution in [2.45, 2.75) is 25.7 Å². The van der Waals surface area contributed by atoms with Crippen molar-refractivity contribution in [1.82, 2.24) is 9.80 Å². The number of carbonyl (C=O) groups excluding carboxylic acids is 1. The summed E-state index contributed by atoms with van der Waals surface area (Å²) in [4.78, 5) is 15.9. The second kappa shape index (κ2) is 6.86. The minimum absolute atomic E-state index is 0.114. The topological polar surface area (TPSA) is 43.8 Å². The maximum atomic E-state index is 11.7. The summed E-state index contributed by atoms with van der Waals surface area (Å²) in [6.45, 7) is 3.02. The van der Waals surface area contributed by atoms with Crippen molar-refractivity contribution in [2.24, 2.45) is 5.92 Å². The first kappa shape index (κ1) is 13.5. The van der Waals surface area contributed by atoms with Gasteiger partial charge in [-0.05, 0) is 39.3 Å². The zero-order valence-electron chi connectivity index (χ0n) is 10.5. The lowest BCUT2D eigenvalue weighted by Crippen LogP contribution is -2.40. The molecular weight excluding hydrogens is 204 g/mol. The maximum absolute atomic E-state index is 11.7. The molecule has 4 heteroatoms. The van der Waals surface area contributed by atoms with Crippen LogP contribution < -0.4 is 0 Å². The summed E-state index contributed by atoms with van der Waals surface area (Å²) >= 11 is 0. The molecular formula is C12H24N2O2. The van der Waals surface area contributed by atoms with Crippen LogP contribution in [0, 0.1) is 5.92 Å². The first-order chi connectivity index (χ1) is 7.63. The van der Waals surface area contributed by atoms with Gasteiger partial charge in [0.25, 0.3) is 0 Å². The Labute approximate surface area is 98.2 Å². The molecule has 1 N–H and O–H groups in total. The molecule has 4 nitrogen and oxygen atoms in total. The zero-order chi connectivity index (χ0) is 12.0. The Kier molecular flexibility index (Phi) is 5.77. The first-order valence-electron chi connectivity index (χ1n) is 6.17. The van der Waals surface area contributed by atoms with E-state index in [4.69, 9.17) is 5.11 Å². The third-order valence-corrected chi connectivity index (χ3v) is 3.14. The molecule has 0 aromatic heterocycles. The minimum Gasteiger partial charge on any atom is -0.396 e. The van der Waals surface area contributed by atoms with Gasteiger partial charge in [-0.15, -0.1) is 0 Å². The van der Waals surface area contributed by atoms with Crippen molar-refractivity contribution in [3.63, 3.8) is 0 Å². The molecule has 0 aromatic carbocycles. The number of rotatable bonds is 5. The summed E-state index contributed by atoms with van der Waals surface area (Å²) < 4.78 is 0. The molecule has 0 aromatic rings. The van der Waals surface area contributed by atoms with E-state index in [9.17, 15) is 4.79 Å². The molecule has 0 radical (unpaired) electrons. The van der Waals surface area contributed by atoms with Crippen molar-refractivity contribution >= 4 is 5.91 Å². The lowest BCUT2D eigenvalue weighted by atomic mass is 9.96. The van der Waals surface area contributed by atoms with E-state index in [0.717, 1.165) is 38.4 Å². The number of hydrogen-bond donors (Lipinski definition) is 1. The van der Waals surface area contributed by atoms with Gasteiger partial charge >= 0.3 is 0 Å². The second-order valence-corrected chi connectivity index (χ2v) is 4.91. The highest BCUT2D eigenvalue weighted by Gasteiger charge is 2.22. The van der Waals surface area contributed by atoms with Crippen LogP contribution in [0.25, 0.3) is 0 Å². The van der Waals surface area contributed by atoms with E-state index < -0.39 is 0 Å². The third-order valence-electron chi connectivity index (χ3n) is 3.14. The summed E-state index contributed by atoms with van der Waals surface area (Å²) in [5, 5.41) is 8.68. The standard InChI is InChI=1S/C12H24N2O2/c1-13(2)10-11-5-7-14(8-6-11)12(16)4-3-9-15/h11,15H,3-10H2,1-2H3. The molecule has 1 saturated heterocycles. The van der Waals surface area contributed by atoms with Crippen molar-refractivity contribution in [3.05, 3.63) is 0 Å². The van der Waals surface area contributed by atoms with Crippen LogP contribution in [-0.2, 0) is 4.79 Å². The van der Waals surface area contributed by atoms with E-state index in [-0.39, 0.29) is 12.5 Å². The predicted octanol–water partition coefficient (Wildman–Crippen LogP) is 0.559. The van der Waals surface area contributed by atoms with Gasteiger partial charge < -0.3 is 14.9 Å². The molecule has 0 atom stereocenters. The summed E-state index contributed by atoms with van der Waals surface area (Å²) in [7, 11) is 4.19. The lowest BCUT2D eigenvalue weighted by Gasteiger charge is -2.33. The molecule has 0 spiro atoms.